The second-order valence-electron chi connectivity index (χ2n) is 5.70. The monoisotopic (exact) mass is 339 g/mol. The van der Waals surface area contributed by atoms with Crippen LogP contribution in [0.4, 0.5) is 23.1 Å². The van der Waals surface area contributed by atoms with Gasteiger partial charge in [-0.3, -0.25) is 0 Å². The van der Waals surface area contributed by atoms with Crippen LogP contribution in [0.3, 0.4) is 0 Å². The van der Waals surface area contributed by atoms with Crippen LogP contribution in [0, 0.1) is 0 Å². The maximum atomic E-state index is 5.98. The van der Waals surface area contributed by atoms with Gasteiger partial charge >= 0.3 is 0 Å². The summed E-state index contributed by atoms with van der Waals surface area (Å²) in [6.45, 7) is 4.34. The van der Waals surface area contributed by atoms with Gasteiger partial charge in [0, 0.05) is 16.4 Å². The predicted molar refractivity (Wildman–Crippen MR) is 98.4 cm³/mol. The van der Waals surface area contributed by atoms with Crippen LogP contribution in [0.15, 0.2) is 54.7 Å². The van der Waals surface area contributed by atoms with Crippen molar-refractivity contribution >= 4 is 34.7 Å². The Balaban J connectivity index is 1.73. The molecular formula is C18H18ClN5. The number of anilines is 4. The summed E-state index contributed by atoms with van der Waals surface area (Å²) in [7, 11) is 0. The number of benzene rings is 2. The molecule has 0 radical (unpaired) electrons. The summed E-state index contributed by atoms with van der Waals surface area (Å²) in [5, 5.41) is 14.9. The predicted octanol–water partition coefficient (Wildman–Crippen LogP) is 5.14. The first-order valence-electron chi connectivity index (χ1n) is 7.69. The molecule has 3 aromatic rings. The number of nitrogens with zero attached hydrogens (tertiary/aromatic N) is 3. The van der Waals surface area contributed by atoms with Gasteiger partial charge in [-0.05, 0) is 41.8 Å². The van der Waals surface area contributed by atoms with Crippen molar-refractivity contribution in [1.29, 1.82) is 0 Å². The van der Waals surface area contributed by atoms with Crippen LogP contribution in [0.25, 0.3) is 0 Å². The Kier molecular flexibility index (Phi) is 4.91. The van der Waals surface area contributed by atoms with Gasteiger partial charge in [0.1, 0.15) is 0 Å². The molecule has 24 heavy (non-hydrogen) atoms. The summed E-state index contributed by atoms with van der Waals surface area (Å²) in [4.78, 5) is 4.41. The number of hydrogen-bond acceptors (Lipinski definition) is 5. The van der Waals surface area contributed by atoms with E-state index in [0.29, 0.717) is 22.7 Å². The third-order valence-corrected chi connectivity index (χ3v) is 3.72. The quantitative estimate of drug-likeness (QED) is 0.674. The van der Waals surface area contributed by atoms with Gasteiger partial charge in [0.15, 0.2) is 5.82 Å². The topological polar surface area (TPSA) is 62.7 Å². The fraction of sp³-hybridized carbons (Fsp3) is 0.167. The molecule has 0 aliphatic heterocycles. The maximum Gasteiger partial charge on any atom is 0.249 e. The molecule has 0 fully saturated rings. The molecule has 0 aliphatic rings. The third-order valence-electron chi connectivity index (χ3n) is 3.49. The summed E-state index contributed by atoms with van der Waals surface area (Å²) in [6.07, 6.45) is 1.58. The summed E-state index contributed by atoms with van der Waals surface area (Å²) in [5.74, 6) is 1.53. The highest BCUT2D eigenvalue weighted by molar-refractivity contribution is 6.30. The number of halogens is 1. The van der Waals surface area contributed by atoms with Crippen LogP contribution in [0.1, 0.15) is 25.3 Å². The fourth-order valence-corrected chi connectivity index (χ4v) is 2.40. The average molecular weight is 340 g/mol. The molecule has 3 rings (SSSR count). The zero-order valence-electron chi connectivity index (χ0n) is 13.5. The molecule has 0 amide bonds. The molecule has 0 atom stereocenters. The normalized spacial score (nSPS) is 10.7. The Hall–Kier alpha value is -2.66. The van der Waals surface area contributed by atoms with Gasteiger partial charge in [-0.15, -0.1) is 5.10 Å². The largest absolute Gasteiger partial charge is 0.339 e. The summed E-state index contributed by atoms with van der Waals surface area (Å²) in [6, 6.07) is 15.6. The zero-order chi connectivity index (χ0) is 16.9. The third kappa shape index (κ3) is 4.20. The molecule has 0 saturated heterocycles. The van der Waals surface area contributed by atoms with E-state index in [4.69, 9.17) is 11.6 Å². The molecule has 0 unspecified atom stereocenters. The highest BCUT2D eigenvalue weighted by atomic mass is 35.5. The molecule has 0 spiro atoms. The highest BCUT2D eigenvalue weighted by Crippen LogP contribution is 2.21. The van der Waals surface area contributed by atoms with Crippen molar-refractivity contribution in [3.05, 3.63) is 65.3 Å². The van der Waals surface area contributed by atoms with Crippen molar-refractivity contribution in [3.8, 4) is 0 Å². The van der Waals surface area contributed by atoms with Crippen LogP contribution >= 0.6 is 11.6 Å². The van der Waals surface area contributed by atoms with Gasteiger partial charge in [0.2, 0.25) is 5.95 Å². The van der Waals surface area contributed by atoms with E-state index in [2.05, 4.69) is 51.8 Å². The van der Waals surface area contributed by atoms with Gasteiger partial charge in [0.25, 0.3) is 0 Å². The number of aromatic nitrogens is 3. The van der Waals surface area contributed by atoms with Crippen LogP contribution in [0.2, 0.25) is 5.02 Å². The van der Waals surface area contributed by atoms with Gasteiger partial charge < -0.3 is 10.6 Å². The average Bonchev–Trinajstić information content (AvgIpc) is 2.56. The van der Waals surface area contributed by atoms with Gasteiger partial charge in [0.05, 0.1) is 6.20 Å². The Morgan fingerprint density at radius 2 is 1.75 bits per heavy atom. The minimum atomic E-state index is 0.404. The van der Waals surface area contributed by atoms with E-state index in [0.717, 1.165) is 11.4 Å². The molecule has 2 N–H and O–H groups in total. The maximum absolute atomic E-state index is 5.98. The Morgan fingerprint density at radius 1 is 0.958 bits per heavy atom. The lowest BCUT2D eigenvalue weighted by Gasteiger charge is -2.09. The van der Waals surface area contributed by atoms with Gasteiger partial charge in [-0.2, -0.15) is 10.1 Å². The van der Waals surface area contributed by atoms with Gasteiger partial charge in [-0.1, -0.05) is 43.6 Å². The lowest BCUT2D eigenvalue weighted by molar-refractivity contribution is 0.867. The van der Waals surface area contributed by atoms with Crippen molar-refractivity contribution in [3.63, 3.8) is 0 Å². The second-order valence-corrected chi connectivity index (χ2v) is 6.14. The number of hydrogen-bond donors (Lipinski definition) is 2. The van der Waals surface area contributed by atoms with Crippen LogP contribution in [0.5, 0.6) is 0 Å². The van der Waals surface area contributed by atoms with Crippen molar-refractivity contribution in [1.82, 2.24) is 15.2 Å². The van der Waals surface area contributed by atoms with E-state index in [-0.39, 0.29) is 0 Å². The Labute approximate surface area is 146 Å². The smallest absolute Gasteiger partial charge is 0.249 e. The second kappa shape index (κ2) is 7.27. The summed E-state index contributed by atoms with van der Waals surface area (Å²) >= 11 is 5.98. The first-order valence-corrected chi connectivity index (χ1v) is 8.07. The lowest BCUT2D eigenvalue weighted by atomic mass is 10.0. The molecule has 122 valence electrons. The Bertz CT molecular complexity index is 818. The van der Waals surface area contributed by atoms with Crippen LogP contribution in [-0.4, -0.2) is 15.2 Å². The van der Waals surface area contributed by atoms with E-state index in [1.165, 1.54) is 5.56 Å². The molecule has 1 aromatic heterocycles. The summed E-state index contributed by atoms with van der Waals surface area (Å²) in [5.41, 5.74) is 3.06. The standard InChI is InChI=1S/C18H18ClN5/c1-12(2)13-6-8-15(9-7-13)21-17-11-20-24-18(23-17)22-16-5-3-4-14(19)10-16/h3-12H,1-2H3,(H2,21,22,23,24). The highest BCUT2D eigenvalue weighted by Gasteiger charge is 2.04. The van der Waals surface area contributed by atoms with E-state index < -0.39 is 0 Å². The van der Waals surface area contributed by atoms with Crippen molar-refractivity contribution in [2.45, 2.75) is 19.8 Å². The van der Waals surface area contributed by atoms with E-state index >= 15 is 0 Å². The van der Waals surface area contributed by atoms with Crippen LogP contribution < -0.4 is 10.6 Å². The number of rotatable bonds is 5. The minimum Gasteiger partial charge on any atom is -0.339 e. The van der Waals surface area contributed by atoms with E-state index in [9.17, 15) is 0 Å². The SMILES string of the molecule is CC(C)c1ccc(Nc2cnnc(Nc3cccc(Cl)c3)n2)cc1. The first kappa shape index (κ1) is 16.2. The molecule has 0 saturated carbocycles. The zero-order valence-corrected chi connectivity index (χ0v) is 14.2. The van der Waals surface area contributed by atoms with Crippen LogP contribution in [-0.2, 0) is 0 Å². The molecule has 2 aromatic carbocycles. The minimum absolute atomic E-state index is 0.404. The van der Waals surface area contributed by atoms with E-state index in [1.54, 1.807) is 12.3 Å². The van der Waals surface area contributed by atoms with Gasteiger partial charge in [-0.25, -0.2) is 0 Å². The summed E-state index contributed by atoms with van der Waals surface area (Å²) < 4.78 is 0. The Morgan fingerprint density at radius 3 is 2.46 bits per heavy atom. The molecule has 0 bridgehead atoms. The molecule has 5 nitrogen and oxygen atoms in total. The lowest BCUT2D eigenvalue weighted by Crippen LogP contribution is -2.02. The van der Waals surface area contributed by atoms with Crippen molar-refractivity contribution in [2.75, 3.05) is 10.6 Å². The molecule has 1 heterocycles. The first-order chi connectivity index (χ1) is 11.6. The van der Waals surface area contributed by atoms with Crippen molar-refractivity contribution < 1.29 is 0 Å². The van der Waals surface area contributed by atoms with Crippen molar-refractivity contribution in [2.24, 2.45) is 0 Å². The fourth-order valence-electron chi connectivity index (χ4n) is 2.21. The molecule has 6 heteroatoms. The molecular weight excluding hydrogens is 322 g/mol. The van der Waals surface area contributed by atoms with E-state index in [1.807, 2.05) is 30.3 Å². The molecule has 0 aliphatic carbocycles. The number of nitrogens with one attached hydrogen (secondary N) is 2.